The number of carbonyl (C=O) groups is 1. The smallest absolute Gasteiger partial charge is 0.260 e. The Morgan fingerprint density at radius 1 is 1.22 bits per heavy atom. The standard InChI is InChI=1S/C17H21NO4S/c19-17(18-11-4-12-23(18,20)21)10-9-14-5-3-8-16(13-14)22-15-6-1-2-7-15/h3,5,8-10,13,15H,1-2,4,6-7,11-12H2/b10-9+. The molecule has 0 bridgehead atoms. The van der Waals surface area contributed by atoms with Gasteiger partial charge in [-0.1, -0.05) is 12.1 Å². The number of benzene rings is 1. The summed E-state index contributed by atoms with van der Waals surface area (Å²) in [4.78, 5) is 12.0. The highest BCUT2D eigenvalue weighted by Crippen LogP contribution is 2.25. The zero-order valence-corrected chi connectivity index (χ0v) is 13.8. The number of carbonyl (C=O) groups excluding carboxylic acids is 1. The molecule has 0 spiro atoms. The first-order valence-corrected chi connectivity index (χ1v) is 9.65. The third kappa shape index (κ3) is 3.93. The maximum atomic E-state index is 12.0. The van der Waals surface area contributed by atoms with E-state index in [0.717, 1.165) is 28.5 Å². The van der Waals surface area contributed by atoms with E-state index in [4.69, 9.17) is 4.74 Å². The zero-order valence-electron chi connectivity index (χ0n) is 13.0. The van der Waals surface area contributed by atoms with Gasteiger partial charge in [-0.3, -0.25) is 4.79 Å². The lowest BCUT2D eigenvalue weighted by molar-refractivity contribution is -0.121. The molecule has 1 aliphatic heterocycles. The van der Waals surface area contributed by atoms with E-state index in [9.17, 15) is 13.2 Å². The van der Waals surface area contributed by atoms with Gasteiger partial charge >= 0.3 is 0 Å². The van der Waals surface area contributed by atoms with Crippen molar-refractivity contribution < 1.29 is 17.9 Å². The molecule has 2 aliphatic rings. The average Bonchev–Trinajstić information content (AvgIpc) is 3.14. The number of hydrogen-bond acceptors (Lipinski definition) is 4. The predicted octanol–water partition coefficient (Wildman–Crippen LogP) is 2.58. The van der Waals surface area contributed by atoms with Crippen molar-refractivity contribution in [3.8, 4) is 5.75 Å². The van der Waals surface area contributed by atoms with Crippen LogP contribution in [0.3, 0.4) is 0 Å². The van der Waals surface area contributed by atoms with Crippen molar-refractivity contribution >= 4 is 22.0 Å². The van der Waals surface area contributed by atoms with Crippen LogP contribution in [0, 0.1) is 0 Å². The summed E-state index contributed by atoms with van der Waals surface area (Å²) >= 11 is 0. The fourth-order valence-electron chi connectivity index (χ4n) is 3.03. The van der Waals surface area contributed by atoms with Crippen LogP contribution in [0.15, 0.2) is 30.3 Å². The zero-order chi connectivity index (χ0) is 16.3. The predicted molar refractivity (Wildman–Crippen MR) is 88.5 cm³/mol. The van der Waals surface area contributed by atoms with Crippen molar-refractivity contribution in [2.75, 3.05) is 12.3 Å². The molecule has 0 radical (unpaired) electrons. The fraction of sp³-hybridized carbons (Fsp3) is 0.471. The number of amides is 1. The van der Waals surface area contributed by atoms with Crippen LogP contribution in [0.2, 0.25) is 0 Å². The minimum absolute atomic E-state index is 0.0529. The number of ether oxygens (including phenoxy) is 1. The van der Waals surface area contributed by atoms with Crippen molar-refractivity contribution in [3.63, 3.8) is 0 Å². The molecule has 2 fully saturated rings. The van der Waals surface area contributed by atoms with Crippen molar-refractivity contribution in [2.24, 2.45) is 0 Å². The third-order valence-electron chi connectivity index (χ3n) is 4.23. The lowest BCUT2D eigenvalue weighted by Gasteiger charge is -2.13. The van der Waals surface area contributed by atoms with Gasteiger partial charge in [-0.05, 0) is 55.9 Å². The Morgan fingerprint density at radius 2 is 2.00 bits per heavy atom. The number of nitrogens with zero attached hydrogens (tertiary/aromatic N) is 1. The Kier molecular flexibility index (Phi) is 4.71. The Bertz CT molecular complexity index is 705. The van der Waals surface area contributed by atoms with Gasteiger partial charge in [0.1, 0.15) is 5.75 Å². The Hall–Kier alpha value is -1.82. The quantitative estimate of drug-likeness (QED) is 0.794. The Labute approximate surface area is 137 Å². The molecule has 1 saturated heterocycles. The summed E-state index contributed by atoms with van der Waals surface area (Å²) in [6, 6.07) is 7.52. The van der Waals surface area contributed by atoms with E-state index in [2.05, 4.69) is 0 Å². The molecular formula is C17H21NO4S. The third-order valence-corrected chi connectivity index (χ3v) is 6.07. The summed E-state index contributed by atoms with van der Waals surface area (Å²) in [7, 11) is -3.41. The largest absolute Gasteiger partial charge is 0.490 e. The minimum atomic E-state index is -3.41. The van der Waals surface area contributed by atoms with E-state index in [1.54, 1.807) is 6.08 Å². The SMILES string of the molecule is O=C(/C=C/c1cccc(OC2CCCC2)c1)N1CCCS1(=O)=O. The van der Waals surface area contributed by atoms with Gasteiger partial charge in [-0.2, -0.15) is 0 Å². The second-order valence-electron chi connectivity index (χ2n) is 6.01. The molecule has 0 unspecified atom stereocenters. The highest BCUT2D eigenvalue weighted by molar-refractivity contribution is 7.89. The fourth-order valence-corrected chi connectivity index (χ4v) is 4.48. The summed E-state index contributed by atoms with van der Waals surface area (Å²) < 4.78 is 30.3. The molecule has 1 amide bonds. The summed E-state index contributed by atoms with van der Waals surface area (Å²) in [5.41, 5.74) is 0.824. The van der Waals surface area contributed by atoms with Crippen molar-refractivity contribution in [3.05, 3.63) is 35.9 Å². The molecule has 23 heavy (non-hydrogen) atoms. The van der Waals surface area contributed by atoms with Crippen molar-refractivity contribution in [1.82, 2.24) is 4.31 Å². The average molecular weight is 335 g/mol. The topological polar surface area (TPSA) is 63.7 Å². The first-order valence-electron chi connectivity index (χ1n) is 8.04. The van der Waals surface area contributed by atoms with Crippen molar-refractivity contribution in [2.45, 2.75) is 38.2 Å². The second kappa shape index (κ2) is 6.74. The summed E-state index contributed by atoms with van der Waals surface area (Å²) in [5.74, 6) is 0.363. The van der Waals surface area contributed by atoms with Gasteiger partial charge < -0.3 is 4.74 Å². The molecule has 5 nitrogen and oxygen atoms in total. The van der Waals surface area contributed by atoms with Gasteiger partial charge in [0.2, 0.25) is 10.0 Å². The molecular weight excluding hydrogens is 314 g/mol. The van der Waals surface area contributed by atoms with Crippen LogP contribution in [-0.2, 0) is 14.8 Å². The molecule has 1 saturated carbocycles. The van der Waals surface area contributed by atoms with Crippen LogP contribution in [0.25, 0.3) is 6.08 Å². The van der Waals surface area contributed by atoms with Crippen LogP contribution < -0.4 is 4.74 Å². The number of sulfonamides is 1. The number of hydrogen-bond donors (Lipinski definition) is 0. The highest BCUT2D eigenvalue weighted by atomic mass is 32.2. The lowest BCUT2D eigenvalue weighted by Crippen LogP contribution is -2.30. The van der Waals surface area contributed by atoms with E-state index in [1.165, 1.54) is 18.9 Å². The molecule has 6 heteroatoms. The van der Waals surface area contributed by atoms with Gasteiger partial charge in [-0.25, -0.2) is 12.7 Å². The summed E-state index contributed by atoms with van der Waals surface area (Å²) in [5, 5.41) is 0. The van der Waals surface area contributed by atoms with Gasteiger partial charge in [0.15, 0.2) is 0 Å². The first-order chi connectivity index (χ1) is 11.0. The Morgan fingerprint density at radius 3 is 2.70 bits per heavy atom. The molecule has 1 aromatic carbocycles. The lowest BCUT2D eigenvalue weighted by atomic mass is 10.2. The maximum absolute atomic E-state index is 12.0. The normalized spacial score (nSPS) is 21.1. The molecule has 1 aliphatic carbocycles. The van der Waals surface area contributed by atoms with Crippen LogP contribution in [-0.4, -0.2) is 37.0 Å². The summed E-state index contributed by atoms with van der Waals surface area (Å²) in [6.45, 7) is 0.274. The van der Waals surface area contributed by atoms with Crippen LogP contribution >= 0.6 is 0 Å². The van der Waals surface area contributed by atoms with Gasteiger partial charge in [0.25, 0.3) is 5.91 Å². The molecule has 1 aromatic rings. The van der Waals surface area contributed by atoms with E-state index in [-0.39, 0.29) is 18.4 Å². The monoisotopic (exact) mass is 335 g/mol. The van der Waals surface area contributed by atoms with Gasteiger partial charge in [0, 0.05) is 12.6 Å². The molecule has 124 valence electrons. The van der Waals surface area contributed by atoms with E-state index in [0.29, 0.717) is 6.42 Å². The molecule has 0 N–H and O–H groups in total. The van der Waals surface area contributed by atoms with E-state index in [1.807, 2.05) is 24.3 Å². The van der Waals surface area contributed by atoms with Crippen molar-refractivity contribution in [1.29, 1.82) is 0 Å². The first kappa shape index (κ1) is 16.1. The minimum Gasteiger partial charge on any atom is -0.490 e. The molecule has 3 rings (SSSR count). The van der Waals surface area contributed by atoms with Gasteiger partial charge in [-0.15, -0.1) is 0 Å². The van der Waals surface area contributed by atoms with Gasteiger partial charge in [0.05, 0.1) is 11.9 Å². The van der Waals surface area contributed by atoms with Crippen LogP contribution in [0.1, 0.15) is 37.7 Å². The number of rotatable bonds is 4. The van der Waals surface area contributed by atoms with Crippen LogP contribution in [0.5, 0.6) is 5.75 Å². The van der Waals surface area contributed by atoms with E-state index >= 15 is 0 Å². The second-order valence-corrected chi connectivity index (χ2v) is 8.02. The van der Waals surface area contributed by atoms with Crippen LogP contribution in [0.4, 0.5) is 0 Å². The summed E-state index contributed by atoms with van der Waals surface area (Å²) in [6.07, 6.45) is 8.34. The maximum Gasteiger partial charge on any atom is 0.260 e. The molecule has 0 atom stereocenters. The van der Waals surface area contributed by atoms with E-state index < -0.39 is 15.9 Å². The highest BCUT2D eigenvalue weighted by Gasteiger charge is 2.31. The molecule has 1 heterocycles. The molecule has 0 aromatic heterocycles. The Balaban J connectivity index is 1.66.